The van der Waals surface area contributed by atoms with Crippen LogP contribution >= 0.6 is 0 Å². The van der Waals surface area contributed by atoms with Gasteiger partial charge in [0.15, 0.2) is 0 Å². The minimum atomic E-state index is -0.305. The Morgan fingerprint density at radius 3 is 2.53 bits per heavy atom. The van der Waals surface area contributed by atoms with Gasteiger partial charge in [0.2, 0.25) is 0 Å². The summed E-state index contributed by atoms with van der Waals surface area (Å²) in [7, 11) is 0. The molecule has 2 aromatic carbocycles. The van der Waals surface area contributed by atoms with Crippen LogP contribution in [0.25, 0.3) is 0 Å². The topological polar surface area (TPSA) is 41.5 Å². The first-order valence-corrected chi connectivity index (χ1v) is 5.81. The van der Waals surface area contributed by atoms with Crippen LogP contribution in [0.2, 0.25) is 0 Å². The van der Waals surface area contributed by atoms with Crippen molar-refractivity contribution >= 4 is 12.1 Å². The predicted molar refractivity (Wildman–Crippen MR) is 72.6 cm³/mol. The molecule has 1 N–H and O–H groups in total. The van der Waals surface area contributed by atoms with Gasteiger partial charge in [-0.05, 0) is 36.2 Å². The van der Waals surface area contributed by atoms with Crippen LogP contribution in [-0.4, -0.2) is 12.1 Å². The summed E-state index contributed by atoms with van der Waals surface area (Å²) in [5.74, 6) is -0.572. The lowest BCUT2D eigenvalue weighted by atomic mass is 10.1. The van der Waals surface area contributed by atoms with E-state index < -0.39 is 0 Å². The highest BCUT2D eigenvalue weighted by Crippen LogP contribution is 2.06. The summed E-state index contributed by atoms with van der Waals surface area (Å²) >= 11 is 0. The van der Waals surface area contributed by atoms with Crippen LogP contribution in [0.1, 0.15) is 21.5 Å². The second kappa shape index (κ2) is 5.91. The van der Waals surface area contributed by atoms with E-state index in [1.54, 1.807) is 24.3 Å². The number of amides is 1. The second-order valence-corrected chi connectivity index (χ2v) is 4.07. The maximum absolute atomic E-state index is 12.7. The van der Waals surface area contributed by atoms with Crippen molar-refractivity contribution < 1.29 is 9.18 Å². The molecule has 96 valence electrons. The maximum Gasteiger partial charge on any atom is 0.271 e. The van der Waals surface area contributed by atoms with Gasteiger partial charge in [0.1, 0.15) is 5.82 Å². The Hall–Kier alpha value is -2.49. The first-order chi connectivity index (χ1) is 9.16. The van der Waals surface area contributed by atoms with E-state index >= 15 is 0 Å². The zero-order valence-electron chi connectivity index (χ0n) is 10.4. The van der Waals surface area contributed by atoms with Gasteiger partial charge in [-0.25, -0.2) is 9.82 Å². The SMILES string of the molecule is Cc1ccccc1C(=O)NN=Cc1ccc(F)cc1. The fourth-order valence-electron chi connectivity index (χ4n) is 1.60. The number of hydrogen-bond donors (Lipinski definition) is 1. The molecule has 0 aliphatic rings. The molecule has 1 amide bonds. The third kappa shape index (κ3) is 3.48. The van der Waals surface area contributed by atoms with E-state index in [1.165, 1.54) is 18.3 Å². The average Bonchev–Trinajstić information content (AvgIpc) is 2.41. The number of carbonyl (C=O) groups excluding carboxylic acids is 1. The van der Waals surface area contributed by atoms with Gasteiger partial charge in [-0.1, -0.05) is 30.3 Å². The first-order valence-electron chi connectivity index (χ1n) is 5.81. The highest BCUT2D eigenvalue weighted by atomic mass is 19.1. The number of hydrogen-bond acceptors (Lipinski definition) is 2. The molecule has 2 aromatic rings. The van der Waals surface area contributed by atoms with Crippen molar-refractivity contribution in [1.82, 2.24) is 5.43 Å². The molecular weight excluding hydrogens is 243 g/mol. The molecule has 0 radical (unpaired) electrons. The van der Waals surface area contributed by atoms with Crippen LogP contribution in [0, 0.1) is 12.7 Å². The Bertz CT molecular complexity index is 606. The third-order valence-electron chi connectivity index (χ3n) is 2.64. The fraction of sp³-hybridized carbons (Fsp3) is 0.0667. The number of hydrazone groups is 1. The molecule has 0 saturated heterocycles. The molecule has 0 unspecified atom stereocenters. The van der Waals surface area contributed by atoms with Gasteiger partial charge >= 0.3 is 0 Å². The maximum atomic E-state index is 12.7. The quantitative estimate of drug-likeness (QED) is 0.665. The van der Waals surface area contributed by atoms with E-state index in [0.717, 1.165) is 5.56 Å². The summed E-state index contributed by atoms with van der Waals surface area (Å²) in [4.78, 5) is 11.8. The van der Waals surface area contributed by atoms with Crippen LogP contribution < -0.4 is 5.43 Å². The van der Waals surface area contributed by atoms with Crippen molar-refractivity contribution in [2.75, 3.05) is 0 Å². The van der Waals surface area contributed by atoms with E-state index in [-0.39, 0.29) is 11.7 Å². The van der Waals surface area contributed by atoms with E-state index in [4.69, 9.17) is 0 Å². The van der Waals surface area contributed by atoms with E-state index in [2.05, 4.69) is 10.5 Å². The minimum absolute atomic E-state index is 0.267. The number of aryl methyl sites for hydroxylation is 1. The second-order valence-electron chi connectivity index (χ2n) is 4.07. The smallest absolute Gasteiger partial charge is 0.267 e. The third-order valence-corrected chi connectivity index (χ3v) is 2.64. The Morgan fingerprint density at radius 1 is 1.16 bits per heavy atom. The summed E-state index contributed by atoms with van der Waals surface area (Å²) in [6, 6.07) is 13.1. The Balaban J connectivity index is 2.01. The van der Waals surface area contributed by atoms with Crippen molar-refractivity contribution in [2.24, 2.45) is 5.10 Å². The highest BCUT2D eigenvalue weighted by Gasteiger charge is 2.05. The molecule has 0 aliphatic heterocycles. The largest absolute Gasteiger partial charge is 0.271 e. The van der Waals surface area contributed by atoms with Crippen molar-refractivity contribution in [3.8, 4) is 0 Å². The molecule has 2 rings (SSSR count). The predicted octanol–water partition coefficient (Wildman–Crippen LogP) is 2.90. The molecule has 0 aromatic heterocycles. The summed E-state index contributed by atoms with van der Waals surface area (Å²) in [6.07, 6.45) is 1.47. The van der Waals surface area contributed by atoms with E-state index in [0.29, 0.717) is 11.1 Å². The number of halogens is 1. The highest BCUT2D eigenvalue weighted by molar-refractivity contribution is 5.96. The molecule has 3 nitrogen and oxygen atoms in total. The van der Waals surface area contributed by atoms with Crippen LogP contribution in [0.5, 0.6) is 0 Å². The van der Waals surface area contributed by atoms with Crippen LogP contribution in [-0.2, 0) is 0 Å². The zero-order chi connectivity index (χ0) is 13.7. The lowest BCUT2D eigenvalue weighted by molar-refractivity contribution is 0.0954. The molecular formula is C15H13FN2O. The van der Waals surface area contributed by atoms with Gasteiger partial charge in [-0.15, -0.1) is 0 Å². The van der Waals surface area contributed by atoms with Gasteiger partial charge in [0.25, 0.3) is 5.91 Å². The number of carbonyl (C=O) groups is 1. The minimum Gasteiger partial charge on any atom is -0.267 e. The molecule has 0 heterocycles. The Morgan fingerprint density at radius 2 is 1.84 bits per heavy atom. The van der Waals surface area contributed by atoms with Crippen LogP contribution in [0.3, 0.4) is 0 Å². The van der Waals surface area contributed by atoms with Crippen LogP contribution in [0.4, 0.5) is 4.39 Å². The molecule has 0 aliphatic carbocycles. The monoisotopic (exact) mass is 256 g/mol. The van der Waals surface area contributed by atoms with Crippen molar-refractivity contribution in [3.05, 3.63) is 71.0 Å². The summed E-state index contributed by atoms with van der Waals surface area (Å²) in [6.45, 7) is 1.86. The summed E-state index contributed by atoms with van der Waals surface area (Å²) in [5, 5.41) is 3.84. The van der Waals surface area contributed by atoms with Crippen molar-refractivity contribution in [2.45, 2.75) is 6.92 Å². The van der Waals surface area contributed by atoms with Crippen LogP contribution in [0.15, 0.2) is 53.6 Å². The lowest BCUT2D eigenvalue weighted by Gasteiger charge is -2.02. The van der Waals surface area contributed by atoms with E-state index in [9.17, 15) is 9.18 Å². The lowest BCUT2D eigenvalue weighted by Crippen LogP contribution is -2.18. The Kier molecular flexibility index (Phi) is 4.03. The number of nitrogens with zero attached hydrogens (tertiary/aromatic N) is 1. The first kappa shape index (κ1) is 13.0. The summed E-state index contributed by atoms with van der Waals surface area (Å²) in [5.41, 5.74) is 4.62. The van der Waals surface area contributed by atoms with Crippen molar-refractivity contribution in [3.63, 3.8) is 0 Å². The van der Waals surface area contributed by atoms with Gasteiger partial charge in [0.05, 0.1) is 6.21 Å². The Labute approximate surface area is 110 Å². The van der Waals surface area contributed by atoms with Gasteiger partial charge in [0, 0.05) is 5.56 Å². The van der Waals surface area contributed by atoms with E-state index in [1.807, 2.05) is 19.1 Å². The molecule has 19 heavy (non-hydrogen) atoms. The molecule has 0 fully saturated rings. The van der Waals surface area contributed by atoms with Gasteiger partial charge in [-0.2, -0.15) is 5.10 Å². The van der Waals surface area contributed by atoms with Crippen molar-refractivity contribution in [1.29, 1.82) is 0 Å². The standard InChI is InChI=1S/C15H13FN2O/c1-11-4-2-3-5-14(11)15(19)18-17-10-12-6-8-13(16)9-7-12/h2-10H,1H3,(H,18,19). The zero-order valence-corrected chi connectivity index (χ0v) is 10.4. The number of benzene rings is 2. The average molecular weight is 256 g/mol. The fourth-order valence-corrected chi connectivity index (χ4v) is 1.60. The molecule has 0 spiro atoms. The summed E-state index contributed by atoms with van der Waals surface area (Å²) < 4.78 is 12.7. The molecule has 0 saturated carbocycles. The number of rotatable bonds is 3. The molecule has 4 heteroatoms. The normalized spacial score (nSPS) is 10.6. The number of nitrogens with one attached hydrogen (secondary N) is 1. The van der Waals surface area contributed by atoms with Gasteiger partial charge < -0.3 is 0 Å². The molecule has 0 atom stereocenters. The van der Waals surface area contributed by atoms with Gasteiger partial charge in [-0.3, -0.25) is 4.79 Å². The molecule has 0 bridgehead atoms.